The van der Waals surface area contributed by atoms with Gasteiger partial charge in [-0.25, -0.2) is 4.79 Å². The van der Waals surface area contributed by atoms with Gasteiger partial charge in [-0.15, -0.1) is 0 Å². The normalized spacial score (nSPS) is 36.7. The molecule has 12 heteroatoms. The number of esters is 3. The second-order valence-electron chi connectivity index (χ2n) is 19.4. The van der Waals surface area contributed by atoms with Gasteiger partial charge in [0.1, 0.15) is 11.5 Å². The van der Waals surface area contributed by atoms with Gasteiger partial charge >= 0.3 is 17.9 Å². The molecule has 10 rings (SSSR count). The van der Waals surface area contributed by atoms with Crippen LogP contribution in [0.5, 0.6) is 0 Å². The number of aliphatic hydroxyl groups is 1. The molecule has 2 bridgehead atoms. The number of ether oxygens (including phenoxy) is 4. The highest BCUT2D eigenvalue weighted by atomic mass is 16.6. The third kappa shape index (κ3) is 5.89. The molecular formula is C51H62N4O8. The molecule has 7 aliphatic rings. The number of hydrogen-bond donors (Lipinski definition) is 2. The minimum absolute atomic E-state index is 0.0456. The van der Waals surface area contributed by atoms with Gasteiger partial charge in [0.2, 0.25) is 5.60 Å². The largest absolute Gasteiger partial charge is 0.468 e. The number of piperidine rings is 1. The van der Waals surface area contributed by atoms with E-state index in [1.165, 1.54) is 26.7 Å². The molecule has 0 amide bonds. The average molecular weight is 859 g/mol. The van der Waals surface area contributed by atoms with Gasteiger partial charge in [0.15, 0.2) is 0 Å². The van der Waals surface area contributed by atoms with E-state index >= 15 is 4.79 Å². The number of allylic oxidation sites excluding steroid dienone is 1. The van der Waals surface area contributed by atoms with Gasteiger partial charge in [-0.1, -0.05) is 74.4 Å². The van der Waals surface area contributed by atoms with Crippen molar-refractivity contribution in [2.45, 2.75) is 94.7 Å². The SMILES string of the molecule is CCC1=C[C@H]2CN(C1)Cc1c([nH]c3ccc(-c4ccccc4)cc13)[C@@](C(=O)OC)(C1C=C3C(=CC1OC)N(C)[C@H]1[C@@](O)(C(=O)OC)[C@H](OC(C)=O)C4[C@@H](CC)CCN5CC[C@]31[C@H]45)C2. The highest BCUT2D eigenvalue weighted by Gasteiger charge is 2.79. The monoisotopic (exact) mass is 858 g/mol. The second-order valence-corrected chi connectivity index (χ2v) is 19.4. The molecule has 1 saturated carbocycles. The number of aromatic nitrogens is 1. The van der Waals surface area contributed by atoms with Crippen LogP contribution in [0.4, 0.5) is 0 Å². The van der Waals surface area contributed by atoms with E-state index < -0.39 is 52.5 Å². The lowest BCUT2D eigenvalue weighted by atomic mass is 9.50. The summed E-state index contributed by atoms with van der Waals surface area (Å²) in [5.41, 5.74) is 4.06. The van der Waals surface area contributed by atoms with Gasteiger partial charge < -0.3 is 33.9 Å². The number of carbonyl (C=O) groups is 3. The van der Waals surface area contributed by atoms with E-state index in [-0.39, 0.29) is 29.8 Å². The Balaban J connectivity index is 1.24. The van der Waals surface area contributed by atoms with Crippen LogP contribution < -0.4 is 0 Å². The van der Waals surface area contributed by atoms with Crippen LogP contribution in [-0.4, -0.2) is 127 Å². The molecule has 2 N–H and O–H groups in total. The lowest BCUT2D eigenvalue weighted by molar-refractivity contribution is -0.238. The summed E-state index contributed by atoms with van der Waals surface area (Å²) in [5.74, 6) is -2.49. The van der Waals surface area contributed by atoms with Crippen molar-refractivity contribution < 1.29 is 38.4 Å². The fraction of sp³-hybridized carbons (Fsp3) is 0.549. The molecule has 12 atom stereocenters. The third-order valence-corrected chi connectivity index (χ3v) is 16.7. The third-order valence-electron chi connectivity index (χ3n) is 16.7. The van der Waals surface area contributed by atoms with Crippen LogP contribution in [0, 0.1) is 29.1 Å². The lowest BCUT2D eigenvalue weighted by Crippen LogP contribution is -2.77. The summed E-state index contributed by atoms with van der Waals surface area (Å²) in [6.07, 6.45) is 8.76. The van der Waals surface area contributed by atoms with Gasteiger partial charge in [-0.05, 0) is 91.1 Å². The topological polar surface area (TPSA) is 134 Å². The van der Waals surface area contributed by atoms with Crippen LogP contribution >= 0.6 is 0 Å². The summed E-state index contributed by atoms with van der Waals surface area (Å²) in [6, 6.07) is 15.9. The zero-order valence-corrected chi connectivity index (χ0v) is 37.7. The fourth-order valence-corrected chi connectivity index (χ4v) is 14.3. The summed E-state index contributed by atoms with van der Waals surface area (Å²) < 4.78 is 24.3. The first-order valence-corrected chi connectivity index (χ1v) is 23.0. The molecule has 0 radical (unpaired) electrons. The highest BCUT2D eigenvalue weighted by Crippen LogP contribution is 2.68. The molecule has 63 heavy (non-hydrogen) atoms. The number of likely N-dealkylation sites (tertiary alicyclic amines) is 1. The molecule has 3 saturated heterocycles. The first kappa shape index (κ1) is 42.2. The smallest absolute Gasteiger partial charge is 0.344 e. The predicted octanol–water partition coefficient (Wildman–Crippen LogP) is 6.14. The van der Waals surface area contributed by atoms with Crippen molar-refractivity contribution in [1.29, 1.82) is 0 Å². The number of fused-ring (bicyclic) bond motifs is 6. The Labute approximate surface area is 370 Å². The number of hydrogen-bond acceptors (Lipinski definition) is 11. The Morgan fingerprint density at radius 1 is 0.937 bits per heavy atom. The van der Waals surface area contributed by atoms with E-state index in [1.54, 1.807) is 7.11 Å². The Bertz CT molecular complexity index is 2440. The van der Waals surface area contributed by atoms with Gasteiger partial charge in [-0.3, -0.25) is 19.4 Å². The van der Waals surface area contributed by atoms with E-state index in [4.69, 9.17) is 18.9 Å². The number of nitrogens with one attached hydrogen (secondary N) is 1. The standard InChI is InChI=1S/C51H62N4O8/c1-8-30-21-31-25-50(47(57)61-6,43-36(28-54(26-30)27-31)35-22-34(15-16-39(35)52-43)33-13-11-10-12-14-33)38-23-37-40(24-41(38)60-5)53(4)46-49(37)18-20-55-19-17-32(9-2)42(44(49)55)45(63-29(3)56)51(46,59)48(58)62-7/h10-16,21-24,31-32,38,41-42,44-46,52,59H,8-9,17-20,25-28H2,1-7H3/t31-,32+,38?,41?,42?,44+,45-,46-,49-,50+,51-/m1/s1. The van der Waals surface area contributed by atoms with Crippen molar-refractivity contribution in [3.8, 4) is 11.1 Å². The van der Waals surface area contributed by atoms with E-state index in [1.807, 2.05) is 18.0 Å². The zero-order chi connectivity index (χ0) is 44.2. The van der Waals surface area contributed by atoms with Crippen LogP contribution in [0.3, 0.4) is 0 Å². The summed E-state index contributed by atoms with van der Waals surface area (Å²) in [4.78, 5) is 53.9. The van der Waals surface area contributed by atoms with Crippen LogP contribution in [-0.2, 0) is 45.3 Å². The molecule has 4 unspecified atom stereocenters. The molecule has 2 aliphatic carbocycles. The summed E-state index contributed by atoms with van der Waals surface area (Å²) in [5, 5.41) is 14.4. The minimum Gasteiger partial charge on any atom is -0.468 e. The number of likely N-dealkylation sites (N-methyl/N-ethyl adjacent to an activating group) is 1. The molecule has 1 spiro atoms. The number of methoxy groups -OCH3 is 3. The van der Waals surface area contributed by atoms with Crippen molar-refractivity contribution in [3.63, 3.8) is 0 Å². The first-order chi connectivity index (χ1) is 30.4. The van der Waals surface area contributed by atoms with E-state index in [0.717, 1.165) is 90.0 Å². The van der Waals surface area contributed by atoms with Crippen LogP contribution in [0.1, 0.15) is 64.1 Å². The summed E-state index contributed by atoms with van der Waals surface area (Å²) in [7, 11) is 6.41. The molecule has 334 valence electrons. The molecule has 6 heterocycles. The highest BCUT2D eigenvalue weighted by molar-refractivity contribution is 5.94. The molecule has 3 aromatic rings. The fourth-order valence-electron chi connectivity index (χ4n) is 14.3. The molecule has 5 aliphatic heterocycles. The molecule has 4 fully saturated rings. The maximum atomic E-state index is 15.5. The number of H-pyrrole nitrogens is 1. The Hall–Kier alpha value is -4.75. The molecule has 12 nitrogen and oxygen atoms in total. The van der Waals surface area contributed by atoms with Crippen molar-refractivity contribution in [1.82, 2.24) is 19.7 Å². The maximum absolute atomic E-state index is 15.5. The minimum atomic E-state index is -2.21. The number of carbonyl (C=O) groups excluding carboxylic acids is 3. The van der Waals surface area contributed by atoms with Gasteiger partial charge in [0, 0.05) is 86.3 Å². The molecule has 1 aromatic heterocycles. The van der Waals surface area contributed by atoms with Crippen molar-refractivity contribution >= 4 is 28.8 Å². The second kappa shape index (κ2) is 15.5. The number of rotatable bonds is 8. The predicted molar refractivity (Wildman–Crippen MR) is 238 cm³/mol. The zero-order valence-electron chi connectivity index (χ0n) is 37.7. The van der Waals surface area contributed by atoms with Crippen molar-refractivity contribution in [3.05, 3.63) is 94.9 Å². The summed E-state index contributed by atoms with van der Waals surface area (Å²) >= 11 is 0. The van der Waals surface area contributed by atoms with Gasteiger partial charge in [0.05, 0.1) is 26.4 Å². The van der Waals surface area contributed by atoms with Crippen LogP contribution in [0.15, 0.2) is 83.6 Å². The maximum Gasteiger partial charge on any atom is 0.344 e. The first-order valence-electron chi connectivity index (χ1n) is 23.0. The lowest BCUT2D eigenvalue weighted by Gasteiger charge is -2.61. The Morgan fingerprint density at radius 3 is 2.41 bits per heavy atom. The quantitative estimate of drug-likeness (QED) is 0.154. The van der Waals surface area contributed by atoms with Crippen LogP contribution in [0.2, 0.25) is 0 Å². The van der Waals surface area contributed by atoms with Crippen molar-refractivity contribution in [2.75, 3.05) is 54.6 Å². The molecular weight excluding hydrogens is 797 g/mol. The van der Waals surface area contributed by atoms with Gasteiger partial charge in [-0.2, -0.15) is 0 Å². The van der Waals surface area contributed by atoms with Crippen LogP contribution in [0.25, 0.3) is 22.0 Å². The molecule has 2 aromatic carbocycles. The van der Waals surface area contributed by atoms with E-state index in [9.17, 15) is 14.7 Å². The van der Waals surface area contributed by atoms with E-state index in [2.05, 4.69) is 89.3 Å². The summed E-state index contributed by atoms with van der Waals surface area (Å²) in [6.45, 7) is 9.61. The van der Waals surface area contributed by atoms with E-state index in [0.29, 0.717) is 19.4 Å². The average Bonchev–Trinajstić information content (AvgIpc) is 3.94. The van der Waals surface area contributed by atoms with Gasteiger partial charge in [0.25, 0.3) is 0 Å². The number of aromatic amines is 1. The number of benzene rings is 2. The van der Waals surface area contributed by atoms with Crippen molar-refractivity contribution in [2.24, 2.45) is 29.1 Å². The Kier molecular flexibility index (Phi) is 10.4. The Morgan fingerprint density at radius 2 is 1.71 bits per heavy atom. The number of nitrogens with zero attached hydrogens (tertiary/aromatic N) is 3.